The molecule has 2 heterocycles. The summed E-state index contributed by atoms with van der Waals surface area (Å²) in [6, 6.07) is 4.05. The Morgan fingerprint density at radius 2 is 1.24 bits per heavy atom. The van der Waals surface area contributed by atoms with E-state index in [9.17, 15) is 60.1 Å². The van der Waals surface area contributed by atoms with Crippen LogP contribution in [0.5, 0.6) is 0 Å². The standard InChI is InChI=1S/C23H24F7N4O6P.2C7H17NO5/c1-12(14-8-15(22(25,26)27)10-16(9-14)23(28,29)30)40-20-19(13-2-4-17(24)5-3-13)33(6-7-39-20)11-18-31-21(35)34(32-18)41(36,37)38;2*1-8-2-4(10)6(12)7(13)5(11)3-9/h2-5,8-10,12,18-20,32H,6-7,11H2,1H3,(H,31,35)(H2,36,37,38);2*4-13H,2-3H2,1H3/t12-,18?,19+,20-;;/m1../s1. The van der Waals surface area contributed by atoms with Crippen molar-refractivity contribution in [1.82, 2.24) is 31.1 Å². The van der Waals surface area contributed by atoms with E-state index in [1.165, 1.54) is 19.1 Å². The highest BCUT2D eigenvalue weighted by Gasteiger charge is 2.44. The summed E-state index contributed by atoms with van der Waals surface area (Å²) in [4.78, 5) is 32.3. The molecule has 2 aliphatic heterocycles. The predicted molar refractivity (Wildman–Crippen MR) is 216 cm³/mol. The summed E-state index contributed by atoms with van der Waals surface area (Å²) in [5.41, 5.74) is -0.724. The molecule has 16 N–H and O–H groups in total. The summed E-state index contributed by atoms with van der Waals surface area (Å²) in [5.74, 6) is -0.589. The molecule has 0 spiro atoms. The molecule has 12 atom stereocenters. The molecule has 2 amide bonds. The molecule has 0 aliphatic carbocycles. The number of alkyl halides is 6. The van der Waals surface area contributed by atoms with E-state index >= 15 is 0 Å². The van der Waals surface area contributed by atoms with Crippen molar-refractivity contribution >= 4 is 13.8 Å². The molecule has 2 aliphatic rings. The number of hydrogen-bond donors (Lipinski definition) is 16. The summed E-state index contributed by atoms with van der Waals surface area (Å²) in [7, 11) is -1.85. The van der Waals surface area contributed by atoms with Crippen molar-refractivity contribution in [2.75, 3.05) is 60.1 Å². The molecule has 0 radical (unpaired) electrons. The van der Waals surface area contributed by atoms with Crippen LogP contribution in [0.15, 0.2) is 42.5 Å². The molecule has 67 heavy (non-hydrogen) atoms. The Hall–Kier alpha value is -3.27. The molecule has 386 valence electrons. The van der Waals surface area contributed by atoms with Gasteiger partial charge in [0.25, 0.3) is 0 Å². The topological polar surface area (TPSA) is 350 Å². The number of amides is 2. The van der Waals surface area contributed by atoms with Gasteiger partial charge in [-0.05, 0) is 62.5 Å². The second kappa shape index (κ2) is 26.6. The van der Waals surface area contributed by atoms with Gasteiger partial charge in [-0.25, -0.2) is 13.8 Å². The Kier molecular flexibility index (Phi) is 23.8. The number of carbonyl (C=O) groups is 1. The van der Waals surface area contributed by atoms with Crippen LogP contribution in [-0.4, -0.2) is 198 Å². The van der Waals surface area contributed by atoms with Crippen molar-refractivity contribution in [2.45, 2.75) is 92.7 Å². The summed E-state index contributed by atoms with van der Waals surface area (Å²) in [6.07, 6.45) is -25.1. The second-order valence-corrected chi connectivity index (χ2v) is 16.4. The molecule has 22 nitrogen and oxygen atoms in total. The Balaban J connectivity index is 0.000000484. The van der Waals surface area contributed by atoms with Crippen LogP contribution < -0.4 is 21.4 Å². The van der Waals surface area contributed by atoms with E-state index in [0.717, 1.165) is 12.1 Å². The van der Waals surface area contributed by atoms with Crippen molar-refractivity contribution in [3.8, 4) is 0 Å². The Morgan fingerprint density at radius 3 is 1.63 bits per heavy atom. The number of hydrogen-bond acceptors (Lipinski definition) is 18. The van der Waals surface area contributed by atoms with E-state index in [0.29, 0.717) is 17.7 Å². The highest BCUT2D eigenvalue weighted by Crippen LogP contribution is 2.41. The number of ether oxygens (including phenoxy) is 2. The number of urea groups is 1. The molecule has 2 fully saturated rings. The first-order valence-corrected chi connectivity index (χ1v) is 21.5. The fraction of sp³-hybridized carbons (Fsp3) is 0.649. The minimum atomic E-state index is -5.07. The van der Waals surface area contributed by atoms with Crippen molar-refractivity contribution in [3.63, 3.8) is 0 Å². The molecular formula is C37H58F7N6O16P. The van der Waals surface area contributed by atoms with Crippen LogP contribution in [0.2, 0.25) is 0 Å². The zero-order valence-corrected chi connectivity index (χ0v) is 36.8. The van der Waals surface area contributed by atoms with Gasteiger partial charge < -0.3 is 86.3 Å². The number of nitrogens with one attached hydrogen (secondary N) is 4. The molecule has 2 aromatic rings. The average molecular weight is 1010 g/mol. The van der Waals surface area contributed by atoms with Gasteiger partial charge in [0.05, 0.1) is 55.3 Å². The van der Waals surface area contributed by atoms with Crippen LogP contribution in [0.4, 0.5) is 35.5 Å². The predicted octanol–water partition coefficient (Wildman–Crippen LogP) is -2.43. The van der Waals surface area contributed by atoms with E-state index in [1.54, 1.807) is 19.0 Å². The van der Waals surface area contributed by atoms with Crippen LogP contribution in [0.25, 0.3) is 0 Å². The molecule has 2 saturated heterocycles. The number of morpholine rings is 1. The van der Waals surface area contributed by atoms with Crippen molar-refractivity contribution in [3.05, 3.63) is 70.5 Å². The summed E-state index contributed by atoms with van der Waals surface area (Å²) < 4.78 is 117. The number of hydrazine groups is 1. The molecule has 9 unspecified atom stereocenters. The summed E-state index contributed by atoms with van der Waals surface area (Å²) >= 11 is 0. The average Bonchev–Trinajstić information content (AvgIpc) is 3.65. The van der Waals surface area contributed by atoms with Crippen LogP contribution in [0, 0.1) is 5.82 Å². The maximum Gasteiger partial charge on any atom is 0.448 e. The number of benzene rings is 2. The second-order valence-electron chi connectivity index (χ2n) is 15.0. The fourth-order valence-corrected chi connectivity index (χ4v) is 6.86. The Bertz CT molecular complexity index is 1780. The number of aliphatic hydroxyl groups is 10. The van der Waals surface area contributed by atoms with Crippen molar-refractivity contribution in [2.24, 2.45) is 0 Å². The van der Waals surface area contributed by atoms with Crippen LogP contribution in [0.3, 0.4) is 0 Å². The van der Waals surface area contributed by atoms with Gasteiger partial charge in [-0.15, -0.1) is 0 Å². The largest absolute Gasteiger partial charge is 0.448 e. The van der Waals surface area contributed by atoms with Crippen LogP contribution in [-0.2, 0) is 26.4 Å². The first kappa shape index (κ1) is 59.9. The lowest BCUT2D eigenvalue weighted by Gasteiger charge is -2.42. The van der Waals surface area contributed by atoms with E-state index in [1.807, 2.05) is 0 Å². The van der Waals surface area contributed by atoms with Gasteiger partial charge in [-0.2, -0.15) is 36.5 Å². The number of carbonyl (C=O) groups excluding carboxylic acids is 1. The molecule has 30 heteroatoms. The minimum Gasteiger partial charge on any atom is -0.394 e. The van der Waals surface area contributed by atoms with Gasteiger partial charge in [0.15, 0.2) is 6.29 Å². The van der Waals surface area contributed by atoms with Crippen LogP contribution >= 0.6 is 7.75 Å². The zero-order valence-electron chi connectivity index (χ0n) is 35.9. The first-order chi connectivity index (χ1) is 31.0. The number of rotatable bonds is 19. The molecule has 0 bridgehead atoms. The van der Waals surface area contributed by atoms with Crippen molar-refractivity contribution in [1.29, 1.82) is 0 Å². The number of aliphatic hydroxyl groups excluding tert-OH is 10. The molecule has 0 saturated carbocycles. The molecule has 2 aromatic carbocycles. The molecule has 4 rings (SSSR count). The van der Waals surface area contributed by atoms with Gasteiger partial charge in [0, 0.05) is 26.2 Å². The third-order valence-corrected chi connectivity index (χ3v) is 10.7. The van der Waals surface area contributed by atoms with E-state index in [4.69, 9.17) is 50.3 Å². The van der Waals surface area contributed by atoms with Crippen molar-refractivity contribution < 1.29 is 110 Å². The third-order valence-electron chi connectivity index (χ3n) is 9.86. The van der Waals surface area contributed by atoms with Gasteiger partial charge >= 0.3 is 26.1 Å². The number of likely N-dealkylation sites (N-methyl/N-ethyl adjacent to an activating group) is 2. The third kappa shape index (κ3) is 18.2. The van der Waals surface area contributed by atoms with E-state index in [2.05, 4.69) is 21.4 Å². The van der Waals surface area contributed by atoms with E-state index in [-0.39, 0.29) is 43.6 Å². The lowest BCUT2D eigenvalue weighted by molar-refractivity contribution is -0.230. The van der Waals surface area contributed by atoms with Crippen LogP contribution in [0.1, 0.15) is 41.3 Å². The maximum absolute atomic E-state index is 13.7. The zero-order chi connectivity index (χ0) is 51.2. The fourth-order valence-electron chi connectivity index (χ4n) is 6.28. The highest BCUT2D eigenvalue weighted by molar-refractivity contribution is 7.49. The summed E-state index contributed by atoms with van der Waals surface area (Å²) in [6.45, 7) is 0.123. The van der Waals surface area contributed by atoms with E-state index < -0.39 is 135 Å². The smallest absolute Gasteiger partial charge is 0.394 e. The molecule has 0 aromatic heterocycles. The van der Waals surface area contributed by atoms with Gasteiger partial charge in [-0.1, -0.05) is 12.1 Å². The van der Waals surface area contributed by atoms with Gasteiger partial charge in [-0.3, -0.25) is 4.90 Å². The van der Waals surface area contributed by atoms with Gasteiger partial charge in [0.1, 0.15) is 48.6 Å². The minimum absolute atomic E-state index is 0.000195. The molecular weight excluding hydrogens is 948 g/mol. The first-order valence-electron chi connectivity index (χ1n) is 20.0. The lowest BCUT2D eigenvalue weighted by atomic mass is 10.0. The van der Waals surface area contributed by atoms with Gasteiger partial charge in [0.2, 0.25) is 0 Å². The number of halogens is 7. The Labute approximate surface area is 378 Å². The Morgan fingerprint density at radius 1 is 0.791 bits per heavy atom. The summed E-state index contributed by atoms with van der Waals surface area (Å²) in [5, 5.41) is 97.3. The lowest BCUT2D eigenvalue weighted by Crippen LogP contribution is -2.53. The quantitative estimate of drug-likeness (QED) is 0.0514. The number of nitrogens with zero attached hydrogens (tertiary/aromatic N) is 2. The highest BCUT2D eigenvalue weighted by atomic mass is 31.2. The maximum atomic E-state index is 13.7. The SMILES string of the molecule is CNCC(O)C(O)C(O)C(O)CO.CNCC(O)C(O)C(O)C(O)CO.C[C@@H](O[C@H]1OCCN(CC2NC(=O)N(P(=O)(O)O)N2)[C@H]1c1ccc(F)cc1)c1cc(C(F)(F)F)cc(C(F)(F)F)c1. The normalized spacial score (nSPS) is 22.4. The monoisotopic (exact) mass is 1010 g/mol.